The number of amides is 1. The lowest BCUT2D eigenvalue weighted by molar-refractivity contribution is -0.116. The number of furan rings is 1. The molecule has 1 fully saturated rings. The summed E-state index contributed by atoms with van der Waals surface area (Å²) in [6.45, 7) is 4.99. The lowest BCUT2D eigenvalue weighted by atomic mass is 10.1. The number of benzene rings is 1. The monoisotopic (exact) mass is 435 g/mol. The highest BCUT2D eigenvalue weighted by Gasteiger charge is 2.31. The van der Waals surface area contributed by atoms with Gasteiger partial charge in [-0.3, -0.25) is 9.36 Å². The Morgan fingerprint density at radius 2 is 2.13 bits per heavy atom. The average molecular weight is 436 g/mol. The summed E-state index contributed by atoms with van der Waals surface area (Å²) in [6, 6.07) is 11.9. The Hall–Kier alpha value is -3.05. The van der Waals surface area contributed by atoms with Crippen molar-refractivity contribution in [2.24, 2.45) is 0 Å². The molecule has 160 valence electrons. The fraction of sp³-hybridized carbons (Fsp3) is 0.391. The van der Waals surface area contributed by atoms with Gasteiger partial charge in [-0.2, -0.15) is 5.26 Å². The van der Waals surface area contributed by atoms with Gasteiger partial charge in [0.25, 0.3) is 0 Å². The summed E-state index contributed by atoms with van der Waals surface area (Å²) in [7, 11) is 0. The molecular formula is C23H25N5O2S. The summed E-state index contributed by atoms with van der Waals surface area (Å²) in [5, 5.41) is 18.5. The first-order chi connectivity index (χ1) is 15.1. The summed E-state index contributed by atoms with van der Waals surface area (Å²) < 4.78 is 7.57. The van der Waals surface area contributed by atoms with Crippen molar-refractivity contribution in [2.75, 3.05) is 17.2 Å². The van der Waals surface area contributed by atoms with Gasteiger partial charge in [0, 0.05) is 18.2 Å². The van der Waals surface area contributed by atoms with Gasteiger partial charge in [-0.05, 0) is 62.1 Å². The van der Waals surface area contributed by atoms with Crippen LogP contribution < -0.4 is 4.90 Å². The zero-order valence-electron chi connectivity index (χ0n) is 17.7. The van der Waals surface area contributed by atoms with Crippen LogP contribution in [0.25, 0.3) is 0 Å². The molecule has 1 aliphatic carbocycles. The lowest BCUT2D eigenvalue weighted by Crippen LogP contribution is -2.33. The Morgan fingerprint density at radius 1 is 1.29 bits per heavy atom. The molecule has 1 aromatic carbocycles. The van der Waals surface area contributed by atoms with E-state index in [1.165, 1.54) is 17.3 Å². The Bertz CT molecular complexity index is 1100. The molecule has 0 bridgehead atoms. The fourth-order valence-corrected chi connectivity index (χ4v) is 4.24. The first-order valence-corrected chi connectivity index (χ1v) is 11.4. The zero-order chi connectivity index (χ0) is 21.8. The second kappa shape index (κ2) is 9.40. The number of hydrogen-bond donors (Lipinski definition) is 0. The number of thioether (sulfide) groups is 1. The van der Waals surface area contributed by atoms with Crippen LogP contribution in [-0.4, -0.2) is 33.0 Å². The smallest absolute Gasteiger partial charge is 0.237 e. The van der Waals surface area contributed by atoms with Crippen molar-refractivity contribution in [3.63, 3.8) is 0 Å². The van der Waals surface area contributed by atoms with E-state index in [0.29, 0.717) is 24.2 Å². The molecule has 31 heavy (non-hydrogen) atoms. The van der Waals surface area contributed by atoms with Crippen molar-refractivity contribution in [3.05, 3.63) is 59.3 Å². The van der Waals surface area contributed by atoms with Gasteiger partial charge in [-0.1, -0.05) is 17.8 Å². The topological polar surface area (TPSA) is 88.0 Å². The van der Waals surface area contributed by atoms with Gasteiger partial charge in [-0.15, -0.1) is 10.2 Å². The minimum Gasteiger partial charge on any atom is -0.467 e. The number of aryl methyl sites for hydroxylation is 2. The number of aromatic nitrogens is 3. The summed E-state index contributed by atoms with van der Waals surface area (Å²) in [5.74, 6) is 2.40. The van der Waals surface area contributed by atoms with Gasteiger partial charge in [0.15, 0.2) is 5.16 Å². The van der Waals surface area contributed by atoms with Gasteiger partial charge in [0.05, 0.1) is 31.1 Å². The molecule has 0 atom stereocenters. The van der Waals surface area contributed by atoms with Crippen molar-refractivity contribution >= 4 is 23.4 Å². The number of carbonyl (C=O) groups is 1. The van der Waals surface area contributed by atoms with Gasteiger partial charge < -0.3 is 9.32 Å². The van der Waals surface area contributed by atoms with Crippen molar-refractivity contribution in [2.45, 2.75) is 50.7 Å². The van der Waals surface area contributed by atoms with Gasteiger partial charge >= 0.3 is 0 Å². The number of hydrogen-bond acceptors (Lipinski definition) is 6. The molecule has 0 radical (unpaired) electrons. The van der Waals surface area contributed by atoms with Gasteiger partial charge in [-0.25, -0.2) is 0 Å². The Labute approximate surface area is 186 Å². The first-order valence-electron chi connectivity index (χ1n) is 10.4. The molecule has 0 unspecified atom stereocenters. The molecule has 3 aromatic rings. The van der Waals surface area contributed by atoms with E-state index in [2.05, 4.69) is 20.8 Å². The normalized spacial score (nSPS) is 13.2. The third-order valence-corrected chi connectivity index (χ3v) is 6.41. The van der Waals surface area contributed by atoms with E-state index in [1.807, 2.05) is 44.2 Å². The van der Waals surface area contributed by atoms with Gasteiger partial charge in [0.1, 0.15) is 11.6 Å². The van der Waals surface area contributed by atoms with Crippen molar-refractivity contribution < 1.29 is 9.21 Å². The molecule has 1 saturated carbocycles. The second-order valence-corrected chi connectivity index (χ2v) is 8.73. The van der Waals surface area contributed by atoms with Crippen molar-refractivity contribution in [1.29, 1.82) is 5.26 Å². The predicted molar refractivity (Wildman–Crippen MR) is 119 cm³/mol. The summed E-state index contributed by atoms with van der Waals surface area (Å²) in [4.78, 5) is 14.8. The number of nitrogens with zero attached hydrogens (tertiary/aromatic N) is 5. The van der Waals surface area contributed by atoms with Crippen LogP contribution in [0.4, 0.5) is 5.69 Å². The van der Waals surface area contributed by atoms with Crippen molar-refractivity contribution in [1.82, 2.24) is 14.8 Å². The third-order valence-electron chi connectivity index (χ3n) is 5.46. The van der Waals surface area contributed by atoms with Crippen LogP contribution in [0.2, 0.25) is 0 Å². The van der Waals surface area contributed by atoms with Crippen LogP contribution in [0.3, 0.4) is 0 Å². The standard InChI is InChI=1S/C23H25N5O2S/c1-16-6-9-19(13-17(16)2)27(11-4-10-24)21(29)15-31-23-26-25-22(18-7-8-18)28(23)14-20-5-3-12-30-20/h3,5-6,9,12-13,18H,4,7-8,11,14-15H2,1-2H3. The summed E-state index contributed by atoms with van der Waals surface area (Å²) >= 11 is 1.38. The lowest BCUT2D eigenvalue weighted by Gasteiger charge is -2.22. The highest BCUT2D eigenvalue weighted by molar-refractivity contribution is 7.99. The Balaban J connectivity index is 1.51. The van der Waals surface area contributed by atoms with Crippen LogP contribution in [0, 0.1) is 25.2 Å². The van der Waals surface area contributed by atoms with E-state index in [4.69, 9.17) is 9.68 Å². The molecule has 7 nitrogen and oxygen atoms in total. The fourth-order valence-electron chi connectivity index (χ4n) is 3.41. The maximum Gasteiger partial charge on any atom is 0.237 e. The molecule has 2 heterocycles. The molecule has 8 heteroatoms. The molecular weight excluding hydrogens is 410 g/mol. The van der Waals surface area contributed by atoms with E-state index in [0.717, 1.165) is 35.7 Å². The highest BCUT2D eigenvalue weighted by atomic mass is 32.2. The quantitative estimate of drug-likeness (QED) is 0.461. The Kier molecular flexibility index (Phi) is 6.42. The van der Waals surface area contributed by atoms with Crippen LogP contribution in [0.5, 0.6) is 0 Å². The van der Waals surface area contributed by atoms with E-state index in [9.17, 15) is 4.79 Å². The largest absolute Gasteiger partial charge is 0.467 e. The molecule has 4 rings (SSSR count). The van der Waals surface area contributed by atoms with E-state index < -0.39 is 0 Å². The first kappa shape index (κ1) is 21.2. The third kappa shape index (κ3) is 5.00. The number of anilines is 1. The molecule has 1 aliphatic rings. The number of carbonyl (C=O) groups excluding carboxylic acids is 1. The molecule has 1 amide bonds. The summed E-state index contributed by atoms with van der Waals surface area (Å²) in [6.07, 6.45) is 4.18. The SMILES string of the molecule is Cc1ccc(N(CCC#N)C(=O)CSc2nnc(C3CC3)n2Cc2ccco2)cc1C. The van der Waals surface area contributed by atoms with E-state index in [-0.39, 0.29) is 18.1 Å². The average Bonchev–Trinajstić information content (AvgIpc) is 3.32. The number of nitriles is 1. The molecule has 0 spiro atoms. The minimum atomic E-state index is -0.0518. The molecule has 0 N–H and O–H groups in total. The maximum atomic E-state index is 13.1. The predicted octanol–water partition coefficient (Wildman–Crippen LogP) is 4.45. The van der Waals surface area contributed by atoms with Crippen LogP contribution in [0.15, 0.2) is 46.2 Å². The van der Waals surface area contributed by atoms with Gasteiger partial charge in [0.2, 0.25) is 5.91 Å². The molecule has 0 saturated heterocycles. The van der Waals surface area contributed by atoms with Crippen LogP contribution in [0.1, 0.15) is 47.9 Å². The zero-order valence-corrected chi connectivity index (χ0v) is 18.6. The Morgan fingerprint density at radius 3 is 2.81 bits per heavy atom. The van der Waals surface area contributed by atoms with E-state index >= 15 is 0 Å². The summed E-state index contributed by atoms with van der Waals surface area (Å²) in [5.41, 5.74) is 3.11. The maximum absolute atomic E-state index is 13.1. The van der Waals surface area contributed by atoms with E-state index in [1.54, 1.807) is 11.2 Å². The van der Waals surface area contributed by atoms with Crippen molar-refractivity contribution in [3.8, 4) is 6.07 Å². The minimum absolute atomic E-state index is 0.0518. The molecule has 0 aliphatic heterocycles. The van der Waals surface area contributed by atoms with Crippen LogP contribution in [-0.2, 0) is 11.3 Å². The molecule has 2 aromatic heterocycles. The number of rotatable bonds is 9. The highest BCUT2D eigenvalue weighted by Crippen LogP contribution is 2.40. The van der Waals surface area contributed by atoms with Crippen LogP contribution >= 0.6 is 11.8 Å². The second-order valence-electron chi connectivity index (χ2n) is 7.79.